The van der Waals surface area contributed by atoms with Crippen LogP contribution < -0.4 is 0 Å². The summed E-state index contributed by atoms with van der Waals surface area (Å²) in [6, 6.07) is 5.82. The number of carbonyl (C=O) groups is 1. The van der Waals surface area contributed by atoms with Crippen molar-refractivity contribution < 1.29 is 9.90 Å². The molecule has 1 aromatic carbocycles. The van der Waals surface area contributed by atoms with E-state index < -0.39 is 11.9 Å². The number of hydrogen-bond donors (Lipinski definition) is 1. The Balaban J connectivity index is 2.04. The molecule has 1 unspecified atom stereocenters. The minimum atomic E-state index is -0.795. The third kappa shape index (κ3) is 2.09. The Kier molecular flexibility index (Phi) is 3.24. The highest BCUT2D eigenvalue weighted by Gasteiger charge is 2.23. The summed E-state index contributed by atoms with van der Waals surface area (Å²) in [5.74, 6) is 0.429. The summed E-state index contributed by atoms with van der Waals surface area (Å²) in [6.45, 7) is 1.71. The number of fused-ring (bicyclic) bond motifs is 1. The van der Waals surface area contributed by atoms with Gasteiger partial charge >= 0.3 is 5.97 Å². The molecule has 0 radical (unpaired) electrons. The first-order valence-corrected chi connectivity index (χ1v) is 7.27. The van der Waals surface area contributed by atoms with Gasteiger partial charge in [-0.05, 0) is 37.5 Å². The molecule has 1 heterocycles. The first-order chi connectivity index (χ1) is 9.58. The molecule has 0 spiro atoms. The fourth-order valence-electron chi connectivity index (χ4n) is 3.20. The van der Waals surface area contributed by atoms with Crippen LogP contribution in [0.4, 0.5) is 0 Å². The molecule has 3 rings (SSSR count). The van der Waals surface area contributed by atoms with Crippen LogP contribution in [-0.2, 0) is 11.8 Å². The molecule has 0 bridgehead atoms. The van der Waals surface area contributed by atoms with Crippen LogP contribution in [0.3, 0.4) is 0 Å². The number of rotatable bonds is 3. The van der Waals surface area contributed by atoms with E-state index in [1.54, 1.807) is 6.92 Å². The topological polar surface area (TPSA) is 55.1 Å². The molecule has 0 saturated heterocycles. The van der Waals surface area contributed by atoms with E-state index in [-0.39, 0.29) is 0 Å². The molecule has 1 fully saturated rings. The van der Waals surface area contributed by atoms with Crippen LogP contribution in [0.2, 0.25) is 0 Å². The van der Waals surface area contributed by atoms with E-state index in [4.69, 9.17) is 10.1 Å². The Labute approximate surface area is 118 Å². The zero-order chi connectivity index (χ0) is 14.3. The highest BCUT2D eigenvalue weighted by Crippen LogP contribution is 2.35. The summed E-state index contributed by atoms with van der Waals surface area (Å²) in [6.07, 6.45) is 5.01. The molecule has 1 atom stereocenters. The predicted molar refractivity (Wildman–Crippen MR) is 78.0 cm³/mol. The van der Waals surface area contributed by atoms with Crippen molar-refractivity contribution in [3.05, 3.63) is 29.6 Å². The zero-order valence-corrected chi connectivity index (χ0v) is 12.0. The van der Waals surface area contributed by atoms with E-state index in [1.807, 2.05) is 18.2 Å². The minimum absolute atomic E-state index is 0.490. The largest absolute Gasteiger partial charge is 0.481 e. The van der Waals surface area contributed by atoms with Crippen LogP contribution >= 0.6 is 0 Å². The van der Waals surface area contributed by atoms with E-state index in [2.05, 4.69) is 11.6 Å². The summed E-state index contributed by atoms with van der Waals surface area (Å²) in [4.78, 5) is 15.9. The summed E-state index contributed by atoms with van der Waals surface area (Å²) in [5, 5.41) is 9.11. The second kappa shape index (κ2) is 4.93. The number of carboxylic acid groups (broad SMARTS) is 1. The average Bonchev–Trinajstić information content (AvgIpc) is 3.05. The molecular weight excluding hydrogens is 252 g/mol. The van der Waals surface area contributed by atoms with Gasteiger partial charge in [-0.3, -0.25) is 4.79 Å². The lowest BCUT2D eigenvalue weighted by atomic mass is 10.0. The number of aliphatic carboxylic acids is 1. The zero-order valence-electron chi connectivity index (χ0n) is 12.0. The van der Waals surface area contributed by atoms with Crippen molar-refractivity contribution in [3.63, 3.8) is 0 Å². The van der Waals surface area contributed by atoms with E-state index in [1.165, 1.54) is 25.7 Å². The molecule has 4 heteroatoms. The Bertz CT molecular complexity index is 654. The third-order valence-corrected chi connectivity index (χ3v) is 4.53. The van der Waals surface area contributed by atoms with E-state index >= 15 is 0 Å². The molecule has 0 aliphatic heterocycles. The van der Waals surface area contributed by atoms with E-state index in [9.17, 15) is 4.79 Å². The van der Waals surface area contributed by atoms with Gasteiger partial charge in [-0.25, -0.2) is 4.98 Å². The number of imidazole rings is 1. The van der Waals surface area contributed by atoms with Crippen LogP contribution in [-0.4, -0.2) is 20.6 Å². The number of aryl methyl sites for hydroxylation is 1. The van der Waals surface area contributed by atoms with Crippen molar-refractivity contribution in [1.29, 1.82) is 0 Å². The molecule has 1 aromatic heterocycles. The molecule has 1 aliphatic rings. The molecule has 106 valence electrons. The summed E-state index contributed by atoms with van der Waals surface area (Å²) >= 11 is 0. The van der Waals surface area contributed by atoms with Crippen LogP contribution in [0.1, 0.15) is 55.8 Å². The molecular formula is C16H20N2O2. The van der Waals surface area contributed by atoms with Gasteiger partial charge in [-0.1, -0.05) is 18.9 Å². The fourth-order valence-corrected chi connectivity index (χ4v) is 3.20. The van der Waals surface area contributed by atoms with E-state index in [0.717, 1.165) is 22.4 Å². The quantitative estimate of drug-likeness (QED) is 0.931. The Morgan fingerprint density at radius 1 is 1.40 bits per heavy atom. The highest BCUT2D eigenvalue weighted by atomic mass is 16.4. The summed E-state index contributed by atoms with van der Waals surface area (Å²) in [7, 11) is 2.06. The molecule has 1 saturated carbocycles. The number of nitrogens with zero attached hydrogens (tertiary/aromatic N) is 2. The highest BCUT2D eigenvalue weighted by molar-refractivity contribution is 5.81. The minimum Gasteiger partial charge on any atom is -0.481 e. The monoisotopic (exact) mass is 272 g/mol. The number of aromatic nitrogens is 2. The summed E-state index contributed by atoms with van der Waals surface area (Å²) < 4.78 is 2.17. The van der Waals surface area contributed by atoms with Gasteiger partial charge in [0, 0.05) is 13.0 Å². The second-order valence-electron chi connectivity index (χ2n) is 5.82. The summed E-state index contributed by atoms with van der Waals surface area (Å²) in [5.41, 5.74) is 2.83. The normalized spacial score (nSPS) is 17.7. The van der Waals surface area contributed by atoms with Gasteiger partial charge in [0.2, 0.25) is 0 Å². The first-order valence-electron chi connectivity index (χ1n) is 7.27. The van der Waals surface area contributed by atoms with Crippen molar-refractivity contribution in [2.75, 3.05) is 0 Å². The van der Waals surface area contributed by atoms with Gasteiger partial charge in [0.05, 0.1) is 17.0 Å². The Morgan fingerprint density at radius 3 is 2.75 bits per heavy atom. The van der Waals surface area contributed by atoms with Gasteiger partial charge in [-0.2, -0.15) is 0 Å². The van der Waals surface area contributed by atoms with Crippen LogP contribution in [0.5, 0.6) is 0 Å². The van der Waals surface area contributed by atoms with Gasteiger partial charge in [-0.15, -0.1) is 0 Å². The van der Waals surface area contributed by atoms with Gasteiger partial charge < -0.3 is 9.67 Å². The van der Waals surface area contributed by atoms with Crippen LogP contribution in [0.15, 0.2) is 18.2 Å². The lowest BCUT2D eigenvalue weighted by molar-refractivity contribution is -0.138. The predicted octanol–water partition coefficient (Wildman–Crippen LogP) is 3.42. The van der Waals surface area contributed by atoms with Crippen molar-refractivity contribution >= 4 is 17.0 Å². The lowest BCUT2D eigenvalue weighted by Crippen LogP contribution is -2.07. The fraction of sp³-hybridized carbons (Fsp3) is 0.500. The molecule has 1 N–H and O–H groups in total. The number of carboxylic acids is 1. The van der Waals surface area contributed by atoms with Gasteiger partial charge in [0.25, 0.3) is 0 Å². The smallest absolute Gasteiger partial charge is 0.310 e. The molecule has 4 nitrogen and oxygen atoms in total. The molecule has 2 aromatic rings. The maximum absolute atomic E-state index is 11.1. The average molecular weight is 272 g/mol. The standard InChI is InChI=1S/C16H20N2O2/c1-10(16(19)20)12-7-8-14-13(9-12)17-15(18(14)2)11-5-3-4-6-11/h7-11H,3-6H2,1-2H3,(H,19,20). The third-order valence-electron chi connectivity index (χ3n) is 4.53. The van der Waals surface area contributed by atoms with Crippen LogP contribution in [0, 0.1) is 0 Å². The van der Waals surface area contributed by atoms with Gasteiger partial charge in [0.1, 0.15) is 5.82 Å². The lowest BCUT2D eigenvalue weighted by Gasteiger charge is -2.08. The Hall–Kier alpha value is -1.84. The van der Waals surface area contributed by atoms with Crippen molar-refractivity contribution in [2.24, 2.45) is 7.05 Å². The molecule has 1 aliphatic carbocycles. The molecule has 0 amide bonds. The number of benzene rings is 1. The second-order valence-corrected chi connectivity index (χ2v) is 5.82. The maximum atomic E-state index is 11.1. The van der Waals surface area contributed by atoms with E-state index in [0.29, 0.717) is 5.92 Å². The van der Waals surface area contributed by atoms with Gasteiger partial charge in [0.15, 0.2) is 0 Å². The molecule has 20 heavy (non-hydrogen) atoms. The van der Waals surface area contributed by atoms with Crippen molar-refractivity contribution in [3.8, 4) is 0 Å². The first kappa shape index (κ1) is 13.2. The SMILES string of the molecule is CC(C(=O)O)c1ccc2c(c1)nc(C1CCCC1)n2C. The van der Waals surface area contributed by atoms with Crippen molar-refractivity contribution in [2.45, 2.75) is 44.4 Å². The van der Waals surface area contributed by atoms with Crippen LogP contribution in [0.25, 0.3) is 11.0 Å². The number of hydrogen-bond acceptors (Lipinski definition) is 2. The maximum Gasteiger partial charge on any atom is 0.310 e. The Morgan fingerprint density at radius 2 is 2.10 bits per heavy atom. The van der Waals surface area contributed by atoms with Crippen molar-refractivity contribution in [1.82, 2.24) is 9.55 Å².